The number of benzene rings is 1. The van der Waals surface area contributed by atoms with E-state index in [0.717, 1.165) is 64.9 Å². The van der Waals surface area contributed by atoms with Crippen LogP contribution in [0.2, 0.25) is 0 Å². The Bertz CT molecular complexity index is 1020. The molecule has 32 heavy (non-hydrogen) atoms. The first-order valence-corrected chi connectivity index (χ1v) is 13.3. The molecule has 2 heterocycles. The number of nitrogens with zero attached hydrogens (tertiary/aromatic N) is 3. The van der Waals surface area contributed by atoms with Gasteiger partial charge in [-0.3, -0.25) is 14.9 Å². The summed E-state index contributed by atoms with van der Waals surface area (Å²) in [5.74, 6) is 2.29. The minimum atomic E-state index is -0.393. The van der Waals surface area contributed by atoms with Gasteiger partial charge in [-0.1, -0.05) is 39.4 Å². The van der Waals surface area contributed by atoms with E-state index in [1.54, 1.807) is 0 Å². The number of hydrogen-bond acceptors (Lipinski definition) is 5. The molecule has 1 aromatic heterocycles. The van der Waals surface area contributed by atoms with E-state index in [1.807, 2.05) is 29.2 Å². The molecule has 1 atom stereocenters. The van der Waals surface area contributed by atoms with Gasteiger partial charge >= 0.3 is 0 Å². The zero-order chi connectivity index (χ0) is 21.9. The van der Waals surface area contributed by atoms with E-state index in [-0.39, 0.29) is 17.2 Å². The first-order valence-electron chi connectivity index (χ1n) is 11.7. The summed E-state index contributed by atoms with van der Waals surface area (Å²) in [5, 5.41) is 12.6. The number of amides is 2. The van der Waals surface area contributed by atoms with Gasteiger partial charge in [-0.15, -0.1) is 10.2 Å². The van der Waals surface area contributed by atoms with Crippen molar-refractivity contribution in [3.05, 3.63) is 28.7 Å². The molecule has 4 aliphatic carbocycles. The second kappa shape index (κ2) is 7.90. The molecule has 1 aliphatic heterocycles. The lowest BCUT2D eigenvalue weighted by Gasteiger charge is -2.56. The normalized spacial score (nSPS) is 33.0. The number of halogens is 1. The molecule has 2 aromatic rings. The predicted molar refractivity (Wildman–Crippen MR) is 127 cm³/mol. The van der Waals surface area contributed by atoms with Gasteiger partial charge in [-0.25, -0.2) is 0 Å². The summed E-state index contributed by atoms with van der Waals surface area (Å²) >= 11 is 4.80. The van der Waals surface area contributed by atoms with Crippen LogP contribution in [0.5, 0.6) is 0 Å². The lowest BCUT2D eigenvalue weighted by atomic mass is 9.49. The number of nitrogens with one attached hydrogen (secondary N) is 1. The molecule has 7 rings (SSSR count). The second-order valence-electron chi connectivity index (χ2n) is 10.3. The topological polar surface area (TPSA) is 75.2 Å². The van der Waals surface area contributed by atoms with E-state index >= 15 is 0 Å². The van der Waals surface area contributed by atoms with Crippen molar-refractivity contribution in [2.24, 2.45) is 23.2 Å². The average molecular weight is 515 g/mol. The maximum atomic E-state index is 13.8. The molecule has 2 amide bonds. The first kappa shape index (κ1) is 20.8. The number of carbonyl (C=O) groups excluding carboxylic acids is 2. The van der Waals surface area contributed by atoms with Gasteiger partial charge in [0.25, 0.3) is 0 Å². The van der Waals surface area contributed by atoms with Crippen molar-refractivity contribution in [3.63, 3.8) is 0 Å². The zero-order valence-corrected chi connectivity index (χ0v) is 20.3. The number of hydrogen-bond donors (Lipinski definition) is 1. The van der Waals surface area contributed by atoms with Crippen LogP contribution in [0.3, 0.4) is 0 Å². The van der Waals surface area contributed by atoms with Crippen LogP contribution >= 0.6 is 27.3 Å². The van der Waals surface area contributed by atoms with Gasteiger partial charge in [-0.2, -0.15) is 0 Å². The zero-order valence-electron chi connectivity index (χ0n) is 17.9. The Balaban J connectivity index is 1.16. The molecule has 168 valence electrons. The molecule has 6 nitrogen and oxygen atoms in total. The third-order valence-electron chi connectivity index (χ3n) is 8.05. The van der Waals surface area contributed by atoms with Gasteiger partial charge in [0.05, 0.1) is 5.41 Å². The number of carbonyl (C=O) groups is 2. The van der Waals surface area contributed by atoms with E-state index in [4.69, 9.17) is 0 Å². The second-order valence-corrected chi connectivity index (χ2v) is 12.2. The summed E-state index contributed by atoms with van der Waals surface area (Å²) < 4.78 is 1.00. The van der Waals surface area contributed by atoms with Crippen LogP contribution in [0, 0.1) is 23.2 Å². The Kier molecular flexibility index (Phi) is 5.13. The Morgan fingerprint density at radius 1 is 1.03 bits per heavy atom. The SMILES string of the molecule is O=C(Nc1nnc(-c2ccc(Br)cc2)s1)C1CCCN1C(=O)C12CC3CC(CC(C3)C1)C2. The number of aromatic nitrogens is 2. The van der Waals surface area contributed by atoms with Crippen molar-refractivity contribution in [3.8, 4) is 10.6 Å². The average Bonchev–Trinajstić information content (AvgIpc) is 3.42. The predicted octanol–water partition coefficient (Wildman–Crippen LogP) is 5.11. The summed E-state index contributed by atoms with van der Waals surface area (Å²) in [4.78, 5) is 28.9. The maximum absolute atomic E-state index is 13.8. The Hall–Kier alpha value is -1.80. The largest absolute Gasteiger partial charge is 0.330 e. The number of likely N-dealkylation sites (tertiary alicyclic amines) is 1. The molecule has 0 spiro atoms. The van der Waals surface area contributed by atoms with Crippen molar-refractivity contribution in [2.75, 3.05) is 11.9 Å². The van der Waals surface area contributed by atoms with Gasteiger partial charge in [0.1, 0.15) is 11.0 Å². The number of anilines is 1. The molecule has 1 aromatic carbocycles. The maximum Gasteiger partial charge on any atom is 0.249 e. The molecule has 8 heteroatoms. The molecule has 1 unspecified atom stereocenters. The van der Waals surface area contributed by atoms with E-state index in [0.29, 0.717) is 11.7 Å². The van der Waals surface area contributed by atoms with Crippen molar-refractivity contribution >= 4 is 44.2 Å². The molecule has 4 bridgehead atoms. The van der Waals surface area contributed by atoms with Crippen LogP contribution in [0.15, 0.2) is 28.7 Å². The van der Waals surface area contributed by atoms with Crippen LogP contribution < -0.4 is 5.32 Å². The van der Waals surface area contributed by atoms with Crippen molar-refractivity contribution in [1.82, 2.24) is 15.1 Å². The smallest absolute Gasteiger partial charge is 0.249 e. The highest BCUT2D eigenvalue weighted by atomic mass is 79.9. The van der Waals surface area contributed by atoms with Crippen LogP contribution in [-0.4, -0.2) is 39.5 Å². The molecular formula is C24H27BrN4O2S. The quantitative estimate of drug-likeness (QED) is 0.614. The molecular weight excluding hydrogens is 488 g/mol. The van der Waals surface area contributed by atoms with Crippen LogP contribution in [0.25, 0.3) is 10.6 Å². The third-order valence-corrected chi connectivity index (χ3v) is 9.47. The molecule has 0 radical (unpaired) electrons. The van der Waals surface area contributed by atoms with Gasteiger partial charge < -0.3 is 4.90 Å². The molecule has 4 saturated carbocycles. The van der Waals surface area contributed by atoms with E-state index in [1.165, 1.54) is 30.6 Å². The molecule has 1 saturated heterocycles. The fourth-order valence-corrected chi connectivity index (χ4v) is 8.15. The van der Waals surface area contributed by atoms with Crippen LogP contribution in [-0.2, 0) is 9.59 Å². The minimum Gasteiger partial charge on any atom is -0.330 e. The van der Waals surface area contributed by atoms with Crippen molar-refractivity contribution < 1.29 is 9.59 Å². The Labute approximate surface area is 200 Å². The summed E-state index contributed by atoms with van der Waals surface area (Å²) in [6.45, 7) is 0.693. The summed E-state index contributed by atoms with van der Waals surface area (Å²) in [6.07, 6.45) is 8.66. The minimum absolute atomic E-state index is 0.126. The first-order chi connectivity index (χ1) is 15.5. The molecule has 5 aliphatic rings. The standard InChI is InChI=1S/C24H27BrN4O2S/c25-18-5-3-17(4-6-18)21-27-28-23(32-21)26-20(30)19-2-1-7-29(19)22(31)24-11-14-8-15(12-24)10-16(9-14)13-24/h3-6,14-16,19H,1-2,7-13H2,(H,26,28,30). The lowest BCUT2D eigenvalue weighted by molar-refractivity contribution is -0.160. The fourth-order valence-electron chi connectivity index (χ4n) is 7.13. The van der Waals surface area contributed by atoms with Crippen LogP contribution in [0.1, 0.15) is 51.4 Å². The van der Waals surface area contributed by atoms with E-state index < -0.39 is 6.04 Å². The summed E-state index contributed by atoms with van der Waals surface area (Å²) in [6, 6.07) is 7.47. The van der Waals surface area contributed by atoms with E-state index in [2.05, 4.69) is 31.4 Å². The van der Waals surface area contributed by atoms with E-state index in [9.17, 15) is 9.59 Å². The Morgan fingerprint density at radius 3 is 2.34 bits per heavy atom. The summed E-state index contributed by atoms with van der Waals surface area (Å²) in [7, 11) is 0. The van der Waals surface area contributed by atoms with Crippen LogP contribution in [0.4, 0.5) is 5.13 Å². The lowest BCUT2D eigenvalue weighted by Crippen LogP contribution is -2.56. The van der Waals surface area contributed by atoms with Gasteiger partial charge in [0.15, 0.2) is 0 Å². The Morgan fingerprint density at radius 2 is 1.69 bits per heavy atom. The number of rotatable bonds is 4. The third kappa shape index (κ3) is 3.59. The summed E-state index contributed by atoms with van der Waals surface area (Å²) in [5.41, 5.74) is 0.764. The van der Waals surface area contributed by atoms with Gasteiger partial charge in [0.2, 0.25) is 16.9 Å². The highest BCUT2D eigenvalue weighted by Gasteiger charge is 2.56. The van der Waals surface area contributed by atoms with Gasteiger partial charge in [0, 0.05) is 16.6 Å². The van der Waals surface area contributed by atoms with Crippen molar-refractivity contribution in [2.45, 2.75) is 57.4 Å². The fraction of sp³-hybridized carbons (Fsp3) is 0.583. The molecule has 1 N–H and O–H groups in total. The highest BCUT2D eigenvalue weighted by Crippen LogP contribution is 2.60. The highest BCUT2D eigenvalue weighted by molar-refractivity contribution is 9.10. The monoisotopic (exact) mass is 514 g/mol. The van der Waals surface area contributed by atoms with Crippen molar-refractivity contribution in [1.29, 1.82) is 0 Å². The molecule has 5 fully saturated rings. The van der Waals surface area contributed by atoms with Gasteiger partial charge in [-0.05, 0) is 81.3 Å².